The summed E-state index contributed by atoms with van der Waals surface area (Å²) < 4.78 is 0.458. The lowest BCUT2D eigenvalue weighted by molar-refractivity contribution is 0.505. The molecule has 0 aliphatic heterocycles. The molecule has 0 fully saturated rings. The van der Waals surface area contributed by atoms with E-state index in [1.54, 1.807) is 0 Å². The normalized spacial score (nSPS) is 12.8. The van der Waals surface area contributed by atoms with Gasteiger partial charge in [-0.3, -0.25) is 0 Å². The molecule has 0 rings (SSSR count). The molecular weight excluding hydrogens is 116 g/mol. The van der Waals surface area contributed by atoms with E-state index >= 15 is 0 Å². The lowest BCUT2D eigenvalue weighted by atomic mass is 10.00. The van der Waals surface area contributed by atoms with E-state index in [2.05, 4.69) is 34.0 Å². The van der Waals surface area contributed by atoms with Gasteiger partial charge in [-0.05, 0) is 12.2 Å². The smallest absolute Gasteiger partial charge is 0.0123 e. The molecule has 0 aromatic heterocycles. The lowest BCUT2D eigenvalue weighted by Gasteiger charge is -2.26. The first-order valence-corrected chi connectivity index (χ1v) is 4.28. The molecular formula is C7H16S. The second kappa shape index (κ2) is 2.77. The third-order valence-corrected chi connectivity index (χ3v) is 3.44. The molecule has 0 aliphatic carbocycles. The van der Waals surface area contributed by atoms with Crippen LogP contribution in [-0.2, 0) is 0 Å². The molecule has 1 heteroatoms. The van der Waals surface area contributed by atoms with Gasteiger partial charge in [0.1, 0.15) is 0 Å². The first-order chi connectivity index (χ1) is 3.50. The summed E-state index contributed by atoms with van der Waals surface area (Å²) in [4.78, 5) is 0. The molecule has 0 bridgehead atoms. The van der Waals surface area contributed by atoms with Crippen LogP contribution < -0.4 is 0 Å². The molecule has 0 saturated carbocycles. The minimum atomic E-state index is 0.458. The van der Waals surface area contributed by atoms with Crippen LogP contribution in [0, 0.1) is 5.92 Å². The second-order valence-corrected chi connectivity index (χ2v) is 4.42. The van der Waals surface area contributed by atoms with E-state index in [0.29, 0.717) is 4.75 Å². The van der Waals surface area contributed by atoms with E-state index in [0.717, 1.165) is 5.92 Å². The topological polar surface area (TPSA) is 0 Å². The second-order valence-electron chi connectivity index (χ2n) is 2.96. The van der Waals surface area contributed by atoms with E-state index < -0.39 is 0 Å². The van der Waals surface area contributed by atoms with Crippen LogP contribution in [0.5, 0.6) is 0 Å². The Hall–Kier alpha value is 0.350. The average molecular weight is 132 g/mol. The molecule has 0 unspecified atom stereocenters. The zero-order valence-corrected chi connectivity index (χ0v) is 7.30. The Morgan fingerprint density at radius 1 is 1.25 bits per heavy atom. The van der Waals surface area contributed by atoms with Crippen LogP contribution in [0.3, 0.4) is 0 Å². The summed E-state index contributed by atoms with van der Waals surface area (Å²) in [5, 5.41) is 0. The van der Waals surface area contributed by atoms with Crippen molar-refractivity contribution in [2.45, 2.75) is 32.4 Å². The molecule has 0 amide bonds. The number of hydrogen-bond acceptors (Lipinski definition) is 1. The molecule has 8 heavy (non-hydrogen) atoms. The first-order valence-electron chi connectivity index (χ1n) is 3.06. The minimum absolute atomic E-state index is 0.458. The summed E-state index contributed by atoms with van der Waals surface area (Å²) in [7, 11) is 0. The van der Waals surface area contributed by atoms with Crippen molar-refractivity contribution in [2.75, 3.05) is 6.26 Å². The Morgan fingerprint density at radius 2 is 1.62 bits per heavy atom. The highest BCUT2D eigenvalue weighted by molar-refractivity contribution is 7.99. The molecule has 0 nitrogen and oxygen atoms in total. The molecule has 0 radical (unpaired) electrons. The van der Waals surface area contributed by atoms with Gasteiger partial charge >= 0.3 is 0 Å². The quantitative estimate of drug-likeness (QED) is 0.556. The summed E-state index contributed by atoms with van der Waals surface area (Å²) in [5.41, 5.74) is 0. The van der Waals surface area contributed by atoms with Gasteiger partial charge < -0.3 is 0 Å². The van der Waals surface area contributed by atoms with Crippen molar-refractivity contribution in [2.24, 2.45) is 5.92 Å². The summed E-state index contributed by atoms with van der Waals surface area (Å²) >= 11 is 1.94. The molecule has 0 atom stereocenters. The zero-order valence-electron chi connectivity index (χ0n) is 6.49. The van der Waals surface area contributed by atoms with Crippen LogP contribution in [0.4, 0.5) is 0 Å². The summed E-state index contributed by atoms with van der Waals surface area (Å²) in [6.45, 7) is 9.08. The Bertz CT molecular complexity index is 64.8. The Balaban J connectivity index is 3.71. The maximum absolute atomic E-state index is 2.28. The van der Waals surface area contributed by atoms with E-state index in [-0.39, 0.29) is 0 Å². The van der Waals surface area contributed by atoms with Crippen molar-refractivity contribution in [1.29, 1.82) is 0 Å². The van der Waals surface area contributed by atoms with Gasteiger partial charge in [0.2, 0.25) is 0 Å². The fraction of sp³-hybridized carbons (Fsp3) is 1.00. The number of rotatable bonds is 2. The Kier molecular flexibility index (Phi) is 2.89. The predicted molar refractivity (Wildman–Crippen MR) is 42.4 cm³/mol. The molecule has 0 spiro atoms. The molecule has 0 heterocycles. The highest BCUT2D eigenvalue weighted by Crippen LogP contribution is 2.29. The zero-order chi connectivity index (χ0) is 6.78. The molecule has 0 aliphatic rings. The summed E-state index contributed by atoms with van der Waals surface area (Å²) in [6.07, 6.45) is 2.17. The molecule has 0 aromatic carbocycles. The third-order valence-electron chi connectivity index (χ3n) is 1.92. The first kappa shape index (κ1) is 8.35. The van der Waals surface area contributed by atoms with E-state index in [4.69, 9.17) is 0 Å². The van der Waals surface area contributed by atoms with Crippen molar-refractivity contribution >= 4 is 11.8 Å². The van der Waals surface area contributed by atoms with Crippen LogP contribution in [0.1, 0.15) is 27.7 Å². The number of thioether (sulfide) groups is 1. The largest absolute Gasteiger partial charge is 0.159 e. The standard InChI is InChI=1S/C7H16S/c1-6(2)7(3,4)8-5/h6H,1-5H3. The maximum Gasteiger partial charge on any atom is 0.0123 e. The van der Waals surface area contributed by atoms with Crippen LogP contribution >= 0.6 is 11.8 Å². The lowest BCUT2D eigenvalue weighted by Crippen LogP contribution is -2.21. The monoisotopic (exact) mass is 132 g/mol. The van der Waals surface area contributed by atoms with E-state index in [9.17, 15) is 0 Å². The molecule has 0 saturated heterocycles. The third kappa shape index (κ3) is 2.08. The molecule has 50 valence electrons. The predicted octanol–water partition coefficient (Wildman–Crippen LogP) is 2.78. The van der Waals surface area contributed by atoms with Crippen LogP contribution in [0.15, 0.2) is 0 Å². The van der Waals surface area contributed by atoms with Crippen molar-refractivity contribution in [3.63, 3.8) is 0 Å². The minimum Gasteiger partial charge on any atom is -0.159 e. The van der Waals surface area contributed by atoms with Crippen LogP contribution in [0.2, 0.25) is 0 Å². The number of hydrogen-bond donors (Lipinski definition) is 0. The van der Waals surface area contributed by atoms with Crippen molar-refractivity contribution in [3.05, 3.63) is 0 Å². The van der Waals surface area contributed by atoms with Crippen molar-refractivity contribution in [1.82, 2.24) is 0 Å². The van der Waals surface area contributed by atoms with Gasteiger partial charge in [0.15, 0.2) is 0 Å². The van der Waals surface area contributed by atoms with E-state index in [1.165, 1.54) is 0 Å². The Morgan fingerprint density at radius 3 is 1.62 bits per heavy atom. The maximum atomic E-state index is 2.28. The highest BCUT2D eigenvalue weighted by Gasteiger charge is 2.19. The highest BCUT2D eigenvalue weighted by atomic mass is 32.2. The summed E-state index contributed by atoms with van der Waals surface area (Å²) in [5.74, 6) is 0.775. The van der Waals surface area contributed by atoms with E-state index in [1.807, 2.05) is 11.8 Å². The SMILES string of the molecule is CSC(C)(C)C(C)C. The summed E-state index contributed by atoms with van der Waals surface area (Å²) in [6, 6.07) is 0. The van der Waals surface area contributed by atoms with Crippen LogP contribution in [-0.4, -0.2) is 11.0 Å². The average Bonchev–Trinajstić information content (AvgIpc) is 1.67. The van der Waals surface area contributed by atoms with Gasteiger partial charge in [-0.2, -0.15) is 11.8 Å². The van der Waals surface area contributed by atoms with Gasteiger partial charge in [-0.25, -0.2) is 0 Å². The van der Waals surface area contributed by atoms with Gasteiger partial charge in [-0.1, -0.05) is 27.7 Å². The van der Waals surface area contributed by atoms with Gasteiger partial charge in [0.25, 0.3) is 0 Å². The van der Waals surface area contributed by atoms with Crippen molar-refractivity contribution < 1.29 is 0 Å². The van der Waals surface area contributed by atoms with Crippen LogP contribution in [0.25, 0.3) is 0 Å². The fourth-order valence-corrected chi connectivity index (χ4v) is 0.707. The van der Waals surface area contributed by atoms with Gasteiger partial charge in [0.05, 0.1) is 0 Å². The van der Waals surface area contributed by atoms with Crippen molar-refractivity contribution in [3.8, 4) is 0 Å². The van der Waals surface area contributed by atoms with Gasteiger partial charge in [-0.15, -0.1) is 0 Å². The molecule has 0 aromatic rings. The fourth-order valence-electron chi connectivity index (χ4n) is 0.236. The van der Waals surface area contributed by atoms with Gasteiger partial charge in [0, 0.05) is 4.75 Å². The Labute approximate surface area is 57.1 Å². The molecule has 0 N–H and O–H groups in total.